The van der Waals surface area contributed by atoms with E-state index in [1.165, 1.54) is 7.11 Å². The Labute approximate surface area is 108 Å². The van der Waals surface area contributed by atoms with E-state index in [0.717, 1.165) is 25.7 Å². The number of aliphatic carboxylic acids is 1. The van der Waals surface area contributed by atoms with Crippen LogP contribution >= 0.6 is 0 Å². The molecule has 0 atom stereocenters. The fourth-order valence-electron chi connectivity index (χ4n) is 2.39. The molecule has 1 fully saturated rings. The van der Waals surface area contributed by atoms with E-state index in [0.29, 0.717) is 12.6 Å². The molecule has 1 rings (SSSR count). The van der Waals surface area contributed by atoms with E-state index in [9.17, 15) is 14.7 Å². The molecule has 0 aliphatic heterocycles. The summed E-state index contributed by atoms with van der Waals surface area (Å²) in [5.41, 5.74) is -0.851. The van der Waals surface area contributed by atoms with Crippen LogP contribution in [0.5, 0.6) is 0 Å². The Kier molecular flexibility index (Phi) is 5.14. The first-order valence-corrected chi connectivity index (χ1v) is 6.41. The molecule has 1 saturated carbocycles. The Balaban J connectivity index is 2.70. The topological polar surface area (TPSA) is 66.8 Å². The summed E-state index contributed by atoms with van der Waals surface area (Å²) in [6, 6.07) is 0.308. The van der Waals surface area contributed by atoms with Crippen molar-refractivity contribution in [2.75, 3.05) is 20.2 Å². The van der Waals surface area contributed by atoms with E-state index < -0.39 is 11.4 Å². The minimum Gasteiger partial charge on any atom is -0.481 e. The van der Waals surface area contributed by atoms with Crippen LogP contribution < -0.4 is 0 Å². The van der Waals surface area contributed by atoms with Crippen LogP contribution in [0, 0.1) is 5.41 Å². The van der Waals surface area contributed by atoms with Crippen LogP contribution in [0.3, 0.4) is 0 Å². The Morgan fingerprint density at radius 2 is 1.89 bits per heavy atom. The maximum absolute atomic E-state index is 11.4. The first-order chi connectivity index (χ1) is 8.36. The molecule has 0 aromatic rings. The van der Waals surface area contributed by atoms with Crippen molar-refractivity contribution < 1.29 is 19.4 Å². The van der Waals surface area contributed by atoms with Gasteiger partial charge in [0.1, 0.15) is 0 Å². The summed E-state index contributed by atoms with van der Waals surface area (Å²) in [6.45, 7) is 3.93. The van der Waals surface area contributed by atoms with Gasteiger partial charge in [-0.3, -0.25) is 14.5 Å². The minimum absolute atomic E-state index is 0.178. The summed E-state index contributed by atoms with van der Waals surface area (Å²) < 4.78 is 4.69. The summed E-state index contributed by atoms with van der Waals surface area (Å²) in [5.74, 6) is -1.14. The number of methoxy groups -OCH3 is 1. The molecule has 18 heavy (non-hydrogen) atoms. The molecule has 0 unspecified atom stereocenters. The van der Waals surface area contributed by atoms with E-state index in [2.05, 4.69) is 4.74 Å². The highest BCUT2D eigenvalue weighted by Crippen LogP contribution is 2.27. The molecular weight excluding hydrogens is 234 g/mol. The summed E-state index contributed by atoms with van der Waals surface area (Å²) in [6.07, 6.45) is 4.37. The van der Waals surface area contributed by atoms with Crippen LogP contribution in [0.2, 0.25) is 0 Å². The molecule has 1 aliphatic rings. The molecule has 0 radical (unpaired) electrons. The number of hydrogen-bond acceptors (Lipinski definition) is 4. The monoisotopic (exact) mass is 257 g/mol. The quantitative estimate of drug-likeness (QED) is 0.731. The SMILES string of the molecule is COC(=O)CN(CC(C)(C)C(=O)O)C1CCCC1. The molecule has 1 aliphatic carbocycles. The van der Waals surface area contributed by atoms with Gasteiger partial charge < -0.3 is 9.84 Å². The highest BCUT2D eigenvalue weighted by atomic mass is 16.5. The number of carboxylic acid groups (broad SMARTS) is 1. The van der Waals surface area contributed by atoms with Gasteiger partial charge in [0.25, 0.3) is 0 Å². The van der Waals surface area contributed by atoms with Crippen molar-refractivity contribution in [2.24, 2.45) is 5.41 Å². The van der Waals surface area contributed by atoms with Crippen LogP contribution in [0.15, 0.2) is 0 Å². The fourth-order valence-corrected chi connectivity index (χ4v) is 2.39. The third kappa shape index (κ3) is 3.98. The first-order valence-electron chi connectivity index (χ1n) is 6.41. The highest BCUT2D eigenvalue weighted by molar-refractivity contribution is 5.74. The smallest absolute Gasteiger partial charge is 0.319 e. The zero-order valence-corrected chi connectivity index (χ0v) is 11.4. The number of carbonyl (C=O) groups is 2. The summed E-state index contributed by atoms with van der Waals surface area (Å²) >= 11 is 0. The lowest BCUT2D eigenvalue weighted by molar-refractivity contribution is -0.151. The number of carboxylic acids is 1. The van der Waals surface area contributed by atoms with Crippen LogP contribution in [0.1, 0.15) is 39.5 Å². The second-order valence-corrected chi connectivity index (χ2v) is 5.61. The summed E-state index contributed by atoms with van der Waals surface area (Å²) in [4.78, 5) is 24.6. The van der Waals surface area contributed by atoms with Crippen LogP contribution in [-0.4, -0.2) is 48.2 Å². The fraction of sp³-hybridized carbons (Fsp3) is 0.846. The van der Waals surface area contributed by atoms with Crippen LogP contribution in [0.4, 0.5) is 0 Å². The molecule has 0 aromatic carbocycles. The number of hydrogen-bond donors (Lipinski definition) is 1. The summed E-state index contributed by atoms with van der Waals surface area (Å²) in [5, 5.41) is 9.18. The van der Waals surface area contributed by atoms with Crippen molar-refractivity contribution in [3.05, 3.63) is 0 Å². The number of rotatable bonds is 6. The maximum Gasteiger partial charge on any atom is 0.319 e. The normalized spacial score (nSPS) is 17.1. The predicted molar refractivity (Wildman–Crippen MR) is 67.3 cm³/mol. The number of esters is 1. The molecule has 0 amide bonds. The van der Waals surface area contributed by atoms with Crippen molar-refractivity contribution >= 4 is 11.9 Å². The second kappa shape index (κ2) is 6.18. The molecule has 0 saturated heterocycles. The van der Waals surface area contributed by atoms with E-state index >= 15 is 0 Å². The van der Waals surface area contributed by atoms with Gasteiger partial charge in [0.15, 0.2) is 0 Å². The zero-order valence-electron chi connectivity index (χ0n) is 11.4. The van der Waals surface area contributed by atoms with Gasteiger partial charge in [0.05, 0.1) is 19.1 Å². The van der Waals surface area contributed by atoms with Crippen molar-refractivity contribution in [2.45, 2.75) is 45.6 Å². The van der Waals surface area contributed by atoms with Crippen molar-refractivity contribution in [1.82, 2.24) is 4.90 Å². The number of ether oxygens (including phenoxy) is 1. The predicted octanol–water partition coefficient (Wildman–Crippen LogP) is 1.51. The van der Waals surface area contributed by atoms with Crippen LogP contribution in [-0.2, 0) is 14.3 Å². The van der Waals surface area contributed by atoms with E-state index in [1.54, 1.807) is 13.8 Å². The molecule has 0 spiro atoms. The lowest BCUT2D eigenvalue weighted by atomic mass is 9.92. The lowest BCUT2D eigenvalue weighted by Crippen LogP contribution is -2.46. The molecule has 0 heterocycles. The van der Waals surface area contributed by atoms with Gasteiger partial charge in [-0.05, 0) is 26.7 Å². The third-order valence-electron chi connectivity index (χ3n) is 3.58. The Morgan fingerprint density at radius 3 is 2.33 bits per heavy atom. The largest absolute Gasteiger partial charge is 0.481 e. The van der Waals surface area contributed by atoms with Crippen molar-refractivity contribution in [3.8, 4) is 0 Å². The standard InChI is InChI=1S/C13H23NO4/c1-13(2,12(16)17)9-14(8-11(15)18-3)10-6-4-5-7-10/h10H,4-9H2,1-3H3,(H,16,17). The average Bonchev–Trinajstić information content (AvgIpc) is 2.80. The van der Waals surface area contributed by atoms with Gasteiger partial charge in [-0.25, -0.2) is 0 Å². The van der Waals surface area contributed by atoms with Gasteiger partial charge in [0, 0.05) is 12.6 Å². The van der Waals surface area contributed by atoms with E-state index in [-0.39, 0.29) is 12.5 Å². The lowest BCUT2D eigenvalue weighted by Gasteiger charge is -2.33. The third-order valence-corrected chi connectivity index (χ3v) is 3.58. The van der Waals surface area contributed by atoms with Crippen LogP contribution in [0.25, 0.3) is 0 Å². The molecule has 1 N–H and O–H groups in total. The van der Waals surface area contributed by atoms with E-state index in [4.69, 9.17) is 0 Å². The molecule has 104 valence electrons. The van der Waals surface area contributed by atoms with Gasteiger partial charge in [0.2, 0.25) is 0 Å². The van der Waals surface area contributed by atoms with Crippen molar-refractivity contribution in [1.29, 1.82) is 0 Å². The van der Waals surface area contributed by atoms with Gasteiger partial charge in [-0.2, -0.15) is 0 Å². The Hall–Kier alpha value is -1.10. The zero-order chi connectivity index (χ0) is 13.8. The first kappa shape index (κ1) is 15.0. The van der Waals surface area contributed by atoms with Gasteiger partial charge >= 0.3 is 11.9 Å². The molecular formula is C13H23NO4. The van der Waals surface area contributed by atoms with E-state index in [1.807, 2.05) is 4.90 Å². The highest BCUT2D eigenvalue weighted by Gasteiger charge is 2.34. The Bertz CT molecular complexity index is 308. The second-order valence-electron chi connectivity index (χ2n) is 5.61. The van der Waals surface area contributed by atoms with Gasteiger partial charge in [-0.15, -0.1) is 0 Å². The van der Waals surface area contributed by atoms with Crippen molar-refractivity contribution in [3.63, 3.8) is 0 Å². The van der Waals surface area contributed by atoms with Gasteiger partial charge in [-0.1, -0.05) is 12.8 Å². The average molecular weight is 257 g/mol. The minimum atomic E-state index is -0.851. The number of carbonyl (C=O) groups excluding carboxylic acids is 1. The number of nitrogens with zero attached hydrogens (tertiary/aromatic N) is 1. The molecule has 0 bridgehead atoms. The Morgan fingerprint density at radius 1 is 1.33 bits per heavy atom. The summed E-state index contributed by atoms with van der Waals surface area (Å²) in [7, 11) is 1.36. The maximum atomic E-state index is 11.4. The molecule has 5 heteroatoms. The molecule has 5 nitrogen and oxygen atoms in total. The molecule has 0 aromatic heterocycles.